The minimum absolute atomic E-state index is 0.716. The van der Waals surface area contributed by atoms with Crippen molar-refractivity contribution in [3.63, 3.8) is 0 Å². The van der Waals surface area contributed by atoms with Crippen molar-refractivity contribution < 1.29 is 4.74 Å². The molecule has 2 unspecified atom stereocenters. The first-order chi connectivity index (χ1) is 10.2. The lowest BCUT2D eigenvalue weighted by Crippen LogP contribution is -2.17. The summed E-state index contributed by atoms with van der Waals surface area (Å²) in [4.78, 5) is 0. The van der Waals surface area contributed by atoms with Gasteiger partial charge in [0.1, 0.15) is 5.75 Å². The number of nitrogens with one attached hydrogen (secondary N) is 1. The fourth-order valence-electron chi connectivity index (χ4n) is 3.27. The van der Waals surface area contributed by atoms with Crippen molar-refractivity contribution >= 4 is 11.4 Å². The maximum atomic E-state index is 6.18. The van der Waals surface area contributed by atoms with E-state index in [-0.39, 0.29) is 0 Å². The Morgan fingerprint density at radius 3 is 2.95 bits per heavy atom. The predicted molar refractivity (Wildman–Crippen MR) is 90.9 cm³/mol. The molecule has 0 amide bonds. The third kappa shape index (κ3) is 4.83. The molecule has 3 heteroatoms. The van der Waals surface area contributed by atoms with Gasteiger partial charge in [-0.1, -0.05) is 39.2 Å². The normalized spacial score (nSPS) is 22.0. The fourth-order valence-corrected chi connectivity index (χ4v) is 3.27. The van der Waals surface area contributed by atoms with Gasteiger partial charge in [0.2, 0.25) is 0 Å². The van der Waals surface area contributed by atoms with E-state index in [4.69, 9.17) is 10.5 Å². The summed E-state index contributed by atoms with van der Waals surface area (Å²) in [7, 11) is 0. The molecular formula is C18H30N2O. The Bertz CT molecular complexity index is 433. The number of anilines is 2. The van der Waals surface area contributed by atoms with Crippen LogP contribution >= 0.6 is 0 Å². The van der Waals surface area contributed by atoms with Gasteiger partial charge in [0, 0.05) is 6.54 Å². The van der Waals surface area contributed by atoms with E-state index in [0.29, 0.717) is 6.61 Å². The number of nitrogen functional groups attached to an aromatic ring is 1. The predicted octanol–water partition coefficient (Wildman–Crippen LogP) is 4.69. The molecule has 0 saturated heterocycles. The molecule has 0 heterocycles. The first-order valence-corrected chi connectivity index (χ1v) is 8.45. The zero-order valence-electron chi connectivity index (χ0n) is 13.5. The molecule has 1 fully saturated rings. The van der Waals surface area contributed by atoms with Crippen LogP contribution in [0.1, 0.15) is 52.4 Å². The Morgan fingerprint density at radius 1 is 1.33 bits per heavy atom. The van der Waals surface area contributed by atoms with Crippen LogP contribution in [0.25, 0.3) is 0 Å². The number of hydrogen-bond donors (Lipinski definition) is 2. The summed E-state index contributed by atoms with van der Waals surface area (Å²) < 4.78 is 5.67. The minimum Gasteiger partial charge on any atom is -0.491 e. The third-order valence-corrected chi connectivity index (χ3v) is 4.44. The van der Waals surface area contributed by atoms with E-state index in [9.17, 15) is 0 Å². The van der Waals surface area contributed by atoms with Gasteiger partial charge in [0.25, 0.3) is 0 Å². The molecule has 2 rings (SSSR count). The topological polar surface area (TPSA) is 47.3 Å². The Labute approximate surface area is 129 Å². The van der Waals surface area contributed by atoms with Crippen LogP contribution in [-0.2, 0) is 0 Å². The quantitative estimate of drug-likeness (QED) is 0.716. The number of para-hydroxylation sites is 1. The zero-order chi connectivity index (χ0) is 15.1. The molecule has 1 aromatic carbocycles. The molecule has 2 atom stereocenters. The van der Waals surface area contributed by atoms with Crippen molar-refractivity contribution in [2.24, 2.45) is 11.8 Å². The molecule has 118 valence electrons. The Balaban J connectivity index is 1.82. The molecular weight excluding hydrogens is 260 g/mol. The fraction of sp³-hybridized carbons (Fsp3) is 0.667. The molecule has 1 aromatic rings. The lowest BCUT2D eigenvalue weighted by Gasteiger charge is -2.26. The average Bonchev–Trinajstić information content (AvgIpc) is 2.48. The van der Waals surface area contributed by atoms with Crippen LogP contribution in [0, 0.1) is 11.8 Å². The van der Waals surface area contributed by atoms with Crippen LogP contribution in [0.4, 0.5) is 11.4 Å². The summed E-state index contributed by atoms with van der Waals surface area (Å²) in [6.45, 7) is 6.20. The maximum absolute atomic E-state index is 6.18. The van der Waals surface area contributed by atoms with E-state index in [1.807, 2.05) is 18.2 Å². The summed E-state index contributed by atoms with van der Waals surface area (Å²) in [5.74, 6) is 2.58. The van der Waals surface area contributed by atoms with Crippen LogP contribution in [0.15, 0.2) is 18.2 Å². The molecule has 0 bridgehead atoms. The van der Waals surface area contributed by atoms with Gasteiger partial charge in [-0.05, 0) is 43.2 Å². The van der Waals surface area contributed by atoms with Crippen molar-refractivity contribution in [3.05, 3.63) is 18.2 Å². The van der Waals surface area contributed by atoms with Crippen molar-refractivity contribution in [1.82, 2.24) is 0 Å². The van der Waals surface area contributed by atoms with Gasteiger partial charge in [0.15, 0.2) is 0 Å². The Kier molecular flexibility index (Phi) is 6.21. The SMILES string of the molecule is CCCOc1cccc(NCCC2CCCC(C)C2)c1N. The number of ether oxygens (including phenoxy) is 1. The zero-order valence-corrected chi connectivity index (χ0v) is 13.5. The number of rotatable bonds is 7. The van der Waals surface area contributed by atoms with Crippen LogP contribution in [-0.4, -0.2) is 13.2 Å². The van der Waals surface area contributed by atoms with Crippen LogP contribution in [0.5, 0.6) is 5.75 Å². The van der Waals surface area contributed by atoms with E-state index in [1.165, 1.54) is 32.1 Å². The lowest BCUT2D eigenvalue weighted by molar-refractivity contribution is 0.274. The highest BCUT2D eigenvalue weighted by Crippen LogP contribution is 2.32. The van der Waals surface area contributed by atoms with Gasteiger partial charge in [-0.25, -0.2) is 0 Å². The second-order valence-electron chi connectivity index (χ2n) is 6.42. The summed E-state index contributed by atoms with van der Waals surface area (Å²) in [5.41, 5.74) is 7.92. The van der Waals surface area contributed by atoms with E-state index in [0.717, 1.165) is 41.9 Å². The van der Waals surface area contributed by atoms with Crippen LogP contribution in [0.3, 0.4) is 0 Å². The number of benzene rings is 1. The second-order valence-corrected chi connectivity index (χ2v) is 6.42. The summed E-state index contributed by atoms with van der Waals surface area (Å²) in [6.07, 6.45) is 7.82. The standard InChI is InChI=1S/C18H30N2O/c1-3-12-21-17-9-5-8-16(18(17)19)20-11-10-15-7-4-6-14(2)13-15/h5,8-9,14-15,20H,3-4,6-7,10-13,19H2,1-2H3. The number of nitrogens with two attached hydrogens (primary N) is 1. The van der Waals surface area contributed by atoms with Crippen molar-refractivity contribution in [2.45, 2.75) is 52.4 Å². The molecule has 21 heavy (non-hydrogen) atoms. The summed E-state index contributed by atoms with van der Waals surface area (Å²) in [6, 6.07) is 5.99. The first kappa shape index (κ1) is 16.0. The average molecular weight is 290 g/mol. The van der Waals surface area contributed by atoms with Gasteiger partial charge in [-0.15, -0.1) is 0 Å². The highest BCUT2D eigenvalue weighted by Gasteiger charge is 2.18. The van der Waals surface area contributed by atoms with Gasteiger partial charge in [-0.3, -0.25) is 0 Å². The molecule has 0 aromatic heterocycles. The molecule has 3 nitrogen and oxygen atoms in total. The molecule has 0 aliphatic heterocycles. The van der Waals surface area contributed by atoms with Gasteiger partial charge < -0.3 is 15.8 Å². The molecule has 3 N–H and O–H groups in total. The van der Waals surface area contributed by atoms with Crippen molar-refractivity contribution in [1.29, 1.82) is 0 Å². The highest BCUT2D eigenvalue weighted by molar-refractivity contribution is 5.72. The molecule has 1 saturated carbocycles. The van der Waals surface area contributed by atoms with Gasteiger partial charge >= 0.3 is 0 Å². The van der Waals surface area contributed by atoms with E-state index in [1.54, 1.807) is 0 Å². The monoisotopic (exact) mass is 290 g/mol. The maximum Gasteiger partial charge on any atom is 0.144 e. The van der Waals surface area contributed by atoms with E-state index < -0.39 is 0 Å². The van der Waals surface area contributed by atoms with Gasteiger partial charge in [-0.2, -0.15) is 0 Å². The third-order valence-electron chi connectivity index (χ3n) is 4.44. The molecule has 1 aliphatic carbocycles. The summed E-state index contributed by atoms with van der Waals surface area (Å²) >= 11 is 0. The molecule has 0 radical (unpaired) electrons. The summed E-state index contributed by atoms with van der Waals surface area (Å²) in [5, 5.41) is 3.49. The van der Waals surface area contributed by atoms with Crippen molar-refractivity contribution in [2.75, 3.05) is 24.2 Å². The second kappa shape index (κ2) is 8.16. The van der Waals surface area contributed by atoms with E-state index >= 15 is 0 Å². The number of hydrogen-bond acceptors (Lipinski definition) is 3. The minimum atomic E-state index is 0.716. The van der Waals surface area contributed by atoms with Gasteiger partial charge in [0.05, 0.1) is 18.0 Å². The van der Waals surface area contributed by atoms with Crippen LogP contribution < -0.4 is 15.8 Å². The largest absolute Gasteiger partial charge is 0.491 e. The van der Waals surface area contributed by atoms with Crippen molar-refractivity contribution in [3.8, 4) is 5.75 Å². The first-order valence-electron chi connectivity index (χ1n) is 8.45. The lowest BCUT2D eigenvalue weighted by atomic mass is 9.81. The smallest absolute Gasteiger partial charge is 0.144 e. The molecule has 0 spiro atoms. The van der Waals surface area contributed by atoms with Crippen LogP contribution in [0.2, 0.25) is 0 Å². The molecule has 1 aliphatic rings. The highest BCUT2D eigenvalue weighted by atomic mass is 16.5. The Hall–Kier alpha value is -1.38. The Morgan fingerprint density at radius 2 is 2.19 bits per heavy atom. The van der Waals surface area contributed by atoms with E-state index in [2.05, 4.69) is 19.2 Å².